The van der Waals surface area contributed by atoms with Crippen molar-refractivity contribution >= 4 is 45.2 Å². The number of rotatable bonds is 2. The lowest BCUT2D eigenvalue weighted by molar-refractivity contribution is 0.523. The number of nitrogens with two attached hydrogens (primary N) is 1. The lowest BCUT2D eigenvalue weighted by atomic mass is 10.1. The van der Waals surface area contributed by atoms with E-state index in [-0.39, 0.29) is 5.82 Å². The fraction of sp³-hybridized carbons (Fsp3) is 0.0667. The Kier molecular flexibility index (Phi) is 3.70. The van der Waals surface area contributed by atoms with Crippen molar-refractivity contribution in [3.63, 3.8) is 0 Å². The van der Waals surface area contributed by atoms with Gasteiger partial charge in [0.2, 0.25) is 0 Å². The molecule has 0 bridgehead atoms. The van der Waals surface area contributed by atoms with Gasteiger partial charge in [0.25, 0.3) is 0 Å². The van der Waals surface area contributed by atoms with Gasteiger partial charge in [-0.2, -0.15) is 0 Å². The summed E-state index contributed by atoms with van der Waals surface area (Å²) < 4.78 is 19.7. The third kappa shape index (κ3) is 2.43. The van der Waals surface area contributed by atoms with E-state index >= 15 is 0 Å². The van der Waals surface area contributed by atoms with E-state index < -0.39 is 6.04 Å². The highest BCUT2D eigenvalue weighted by atomic mass is 127. The van der Waals surface area contributed by atoms with Crippen LogP contribution in [0.4, 0.5) is 4.39 Å². The van der Waals surface area contributed by atoms with Crippen LogP contribution in [0.2, 0.25) is 5.02 Å². The molecule has 0 saturated heterocycles. The molecule has 3 rings (SSSR count). The van der Waals surface area contributed by atoms with Crippen molar-refractivity contribution in [2.75, 3.05) is 0 Å². The number of benzene rings is 2. The topological polar surface area (TPSA) is 39.2 Å². The molecule has 2 N–H and O–H groups in total. The molecule has 0 aliphatic carbocycles. The molecule has 0 spiro atoms. The molecular weight excluding hydrogens is 392 g/mol. The van der Waals surface area contributed by atoms with Crippen LogP contribution >= 0.6 is 34.2 Å². The molecule has 5 heteroatoms. The molecule has 20 heavy (non-hydrogen) atoms. The van der Waals surface area contributed by atoms with Gasteiger partial charge in [0.05, 0.1) is 11.1 Å². The maximum Gasteiger partial charge on any atom is 0.152 e. The van der Waals surface area contributed by atoms with Gasteiger partial charge in [-0.1, -0.05) is 29.8 Å². The van der Waals surface area contributed by atoms with Gasteiger partial charge < -0.3 is 10.2 Å². The second-order valence-electron chi connectivity index (χ2n) is 4.45. The lowest BCUT2D eigenvalue weighted by Gasteiger charge is -2.11. The third-order valence-corrected chi connectivity index (χ3v) is 4.35. The second kappa shape index (κ2) is 5.35. The van der Waals surface area contributed by atoms with E-state index in [1.54, 1.807) is 12.1 Å². The zero-order valence-corrected chi connectivity index (χ0v) is 13.2. The first-order valence-electron chi connectivity index (χ1n) is 5.95. The molecule has 2 aromatic carbocycles. The summed E-state index contributed by atoms with van der Waals surface area (Å²) in [4.78, 5) is 0. The zero-order valence-electron chi connectivity index (χ0n) is 10.2. The van der Waals surface area contributed by atoms with Gasteiger partial charge >= 0.3 is 0 Å². The van der Waals surface area contributed by atoms with Gasteiger partial charge in [-0.3, -0.25) is 0 Å². The fourth-order valence-corrected chi connectivity index (χ4v) is 3.14. The summed E-state index contributed by atoms with van der Waals surface area (Å²) in [6.07, 6.45) is 0. The Bertz CT molecular complexity index is 787. The molecule has 0 amide bonds. The van der Waals surface area contributed by atoms with E-state index in [2.05, 4.69) is 22.6 Å². The normalized spacial score (nSPS) is 12.8. The van der Waals surface area contributed by atoms with Gasteiger partial charge in [-0.25, -0.2) is 4.39 Å². The molecule has 102 valence electrons. The first-order valence-corrected chi connectivity index (χ1v) is 7.40. The molecule has 1 aromatic heterocycles. The molecule has 0 fully saturated rings. The lowest BCUT2D eigenvalue weighted by Crippen LogP contribution is -2.12. The summed E-state index contributed by atoms with van der Waals surface area (Å²) in [6, 6.07) is 11.5. The molecule has 2 nitrogen and oxygen atoms in total. The molecule has 0 radical (unpaired) electrons. The number of hydrogen-bond acceptors (Lipinski definition) is 2. The average Bonchev–Trinajstić information content (AvgIpc) is 2.83. The number of hydrogen-bond donors (Lipinski definition) is 1. The Morgan fingerprint density at radius 1 is 1.20 bits per heavy atom. The molecule has 1 atom stereocenters. The maximum atomic E-state index is 13.1. The summed E-state index contributed by atoms with van der Waals surface area (Å²) in [5.41, 5.74) is 7.66. The molecule has 0 saturated carbocycles. The standard InChI is InChI=1S/C15H10ClFINO/c16-11-3-1-2-8-6-13(20-15(8)11)14(19)10-5-4-9(17)7-12(10)18/h1-7,14H,19H2. The van der Waals surface area contributed by atoms with Crippen LogP contribution in [0.25, 0.3) is 11.0 Å². The van der Waals surface area contributed by atoms with Crippen LogP contribution in [0.3, 0.4) is 0 Å². The van der Waals surface area contributed by atoms with E-state index in [9.17, 15) is 4.39 Å². The van der Waals surface area contributed by atoms with Crippen LogP contribution in [0.15, 0.2) is 46.9 Å². The van der Waals surface area contributed by atoms with Gasteiger partial charge in [0.1, 0.15) is 11.6 Å². The van der Waals surface area contributed by atoms with Crippen molar-refractivity contribution < 1.29 is 8.81 Å². The molecule has 0 aliphatic heterocycles. The smallest absolute Gasteiger partial charge is 0.152 e. The Balaban J connectivity index is 2.08. The summed E-state index contributed by atoms with van der Waals surface area (Å²) in [5.74, 6) is 0.329. The van der Waals surface area contributed by atoms with Crippen molar-refractivity contribution in [3.8, 4) is 0 Å². The number of para-hydroxylation sites is 1. The minimum absolute atomic E-state index is 0.280. The van der Waals surface area contributed by atoms with Gasteiger partial charge in [-0.15, -0.1) is 0 Å². The van der Waals surface area contributed by atoms with Crippen LogP contribution in [0.1, 0.15) is 17.4 Å². The van der Waals surface area contributed by atoms with E-state index in [1.165, 1.54) is 12.1 Å². The summed E-state index contributed by atoms with van der Waals surface area (Å²) >= 11 is 8.15. The number of fused-ring (bicyclic) bond motifs is 1. The minimum atomic E-state index is -0.453. The van der Waals surface area contributed by atoms with Gasteiger partial charge in [0.15, 0.2) is 5.58 Å². The van der Waals surface area contributed by atoms with Crippen LogP contribution in [0, 0.1) is 9.39 Å². The van der Waals surface area contributed by atoms with Crippen molar-refractivity contribution in [1.82, 2.24) is 0 Å². The predicted molar refractivity (Wildman–Crippen MR) is 86.4 cm³/mol. The quantitative estimate of drug-likeness (QED) is 0.622. The molecule has 0 aliphatic rings. The van der Waals surface area contributed by atoms with E-state index in [0.717, 1.165) is 14.5 Å². The largest absolute Gasteiger partial charge is 0.457 e. The summed E-state index contributed by atoms with van der Waals surface area (Å²) in [5, 5.41) is 1.45. The van der Waals surface area contributed by atoms with E-state index in [1.807, 2.05) is 18.2 Å². The molecular formula is C15H10ClFINO. The molecule has 3 aromatic rings. The first-order chi connectivity index (χ1) is 9.56. The fourth-order valence-electron chi connectivity index (χ4n) is 2.11. The Morgan fingerprint density at radius 2 is 2.00 bits per heavy atom. The third-order valence-electron chi connectivity index (χ3n) is 3.12. The minimum Gasteiger partial charge on any atom is -0.457 e. The van der Waals surface area contributed by atoms with Gasteiger partial charge in [0, 0.05) is 8.96 Å². The van der Waals surface area contributed by atoms with Crippen LogP contribution in [-0.2, 0) is 0 Å². The average molecular weight is 402 g/mol. The predicted octanol–water partition coefficient (Wildman–Crippen LogP) is 4.88. The summed E-state index contributed by atoms with van der Waals surface area (Å²) in [6.45, 7) is 0. The van der Waals surface area contributed by atoms with Crippen molar-refractivity contribution in [2.24, 2.45) is 5.73 Å². The van der Waals surface area contributed by atoms with Crippen LogP contribution < -0.4 is 5.73 Å². The number of furan rings is 1. The van der Waals surface area contributed by atoms with Gasteiger partial charge in [-0.05, 0) is 52.4 Å². The van der Waals surface area contributed by atoms with E-state index in [0.29, 0.717) is 16.4 Å². The van der Waals surface area contributed by atoms with Crippen LogP contribution in [-0.4, -0.2) is 0 Å². The van der Waals surface area contributed by atoms with Crippen LogP contribution in [0.5, 0.6) is 0 Å². The number of halogens is 3. The maximum absolute atomic E-state index is 13.1. The SMILES string of the molecule is NC(c1cc2cccc(Cl)c2o1)c1ccc(F)cc1I. The second-order valence-corrected chi connectivity index (χ2v) is 6.02. The van der Waals surface area contributed by atoms with Crippen molar-refractivity contribution in [1.29, 1.82) is 0 Å². The van der Waals surface area contributed by atoms with E-state index in [4.69, 9.17) is 21.8 Å². The molecule has 1 heterocycles. The highest BCUT2D eigenvalue weighted by Crippen LogP contribution is 2.32. The highest BCUT2D eigenvalue weighted by molar-refractivity contribution is 14.1. The first kappa shape index (κ1) is 13.9. The zero-order chi connectivity index (χ0) is 14.3. The Labute approximate surface area is 133 Å². The highest BCUT2D eigenvalue weighted by Gasteiger charge is 2.18. The molecule has 1 unspecified atom stereocenters. The van der Waals surface area contributed by atoms with Crippen molar-refractivity contribution in [3.05, 3.63) is 68.2 Å². The monoisotopic (exact) mass is 401 g/mol. The van der Waals surface area contributed by atoms with Crippen molar-refractivity contribution in [2.45, 2.75) is 6.04 Å². The summed E-state index contributed by atoms with van der Waals surface area (Å²) in [7, 11) is 0. The Hall–Kier alpha value is -1.11. The Morgan fingerprint density at radius 3 is 2.70 bits per heavy atom.